The predicted octanol–water partition coefficient (Wildman–Crippen LogP) is 8.36. The number of pyridine rings is 1. The fourth-order valence-corrected chi connectivity index (χ4v) is 9.29. The molecular weight excluding hydrogens is 647 g/mol. The molecular formula is C37H47N3O6S2. The first-order valence-electron chi connectivity index (χ1n) is 16.8. The maximum Gasteiger partial charge on any atom is 0.341 e. The van der Waals surface area contributed by atoms with E-state index in [1.807, 2.05) is 0 Å². The first kappa shape index (κ1) is 35.7. The first-order chi connectivity index (χ1) is 22.6. The molecule has 258 valence electrons. The molecule has 48 heavy (non-hydrogen) atoms. The molecule has 11 heteroatoms. The van der Waals surface area contributed by atoms with E-state index in [9.17, 15) is 19.2 Å². The minimum Gasteiger partial charge on any atom is -0.462 e. The standard InChI is InChI=1S/C37H47N3O6S2/c1-9-45-34(43)28-23-14-12-21(36(3,4)5)17-26(23)47-32(28)39-30(41)20-11-16-25(38-19-20)31(42)40-33-29(35(44)46-10-2)24-15-13-22(37(6,7)8)18-27(24)48-33/h11,16,19,21-22H,9-10,12-15,17-18H2,1-8H3,(H,39,41)(H,40,42)/t21-,22-/m1/s1. The van der Waals surface area contributed by atoms with Gasteiger partial charge in [-0.3, -0.25) is 14.6 Å². The Bertz CT molecular complexity index is 1580. The summed E-state index contributed by atoms with van der Waals surface area (Å²) in [6.45, 7) is 17.4. The van der Waals surface area contributed by atoms with Gasteiger partial charge in [0.05, 0.1) is 29.9 Å². The van der Waals surface area contributed by atoms with Crippen molar-refractivity contribution in [2.45, 2.75) is 93.9 Å². The average molecular weight is 694 g/mol. The number of amides is 2. The Morgan fingerprint density at radius 3 is 1.60 bits per heavy atom. The zero-order valence-corrected chi connectivity index (χ0v) is 30.9. The van der Waals surface area contributed by atoms with E-state index in [4.69, 9.17) is 9.47 Å². The van der Waals surface area contributed by atoms with Crippen LogP contribution in [0.4, 0.5) is 10.0 Å². The van der Waals surface area contributed by atoms with Gasteiger partial charge in [0, 0.05) is 16.0 Å². The van der Waals surface area contributed by atoms with E-state index in [0.717, 1.165) is 59.4 Å². The highest BCUT2D eigenvalue weighted by molar-refractivity contribution is 7.17. The van der Waals surface area contributed by atoms with E-state index < -0.39 is 23.8 Å². The van der Waals surface area contributed by atoms with Gasteiger partial charge < -0.3 is 20.1 Å². The number of hydrogen-bond acceptors (Lipinski definition) is 9. The molecule has 0 saturated carbocycles. The van der Waals surface area contributed by atoms with Crippen molar-refractivity contribution in [1.82, 2.24) is 4.98 Å². The van der Waals surface area contributed by atoms with Gasteiger partial charge in [-0.15, -0.1) is 22.7 Å². The number of carbonyl (C=O) groups is 4. The van der Waals surface area contributed by atoms with E-state index in [1.165, 1.54) is 41.0 Å². The molecule has 0 radical (unpaired) electrons. The van der Waals surface area contributed by atoms with Crippen LogP contribution in [-0.2, 0) is 35.2 Å². The molecule has 0 saturated heterocycles. The van der Waals surface area contributed by atoms with Crippen molar-refractivity contribution in [1.29, 1.82) is 0 Å². The van der Waals surface area contributed by atoms with Crippen LogP contribution in [0.3, 0.4) is 0 Å². The van der Waals surface area contributed by atoms with Gasteiger partial charge in [-0.05, 0) is 98.3 Å². The average Bonchev–Trinajstić information content (AvgIpc) is 3.57. The largest absolute Gasteiger partial charge is 0.462 e. The van der Waals surface area contributed by atoms with Crippen LogP contribution >= 0.6 is 22.7 Å². The Kier molecular flexibility index (Phi) is 10.5. The van der Waals surface area contributed by atoms with E-state index in [-0.39, 0.29) is 35.3 Å². The summed E-state index contributed by atoms with van der Waals surface area (Å²) in [7, 11) is 0. The Labute approximate surface area is 291 Å². The van der Waals surface area contributed by atoms with Crippen LogP contribution in [0.2, 0.25) is 0 Å². The van der Waals surface area contributed by atoms with Gasteiger partial charge in [0.1, 0.15) is 15.7 Å². The van der Waals surface area contributed by atoms with Gasteiger partial charge in [0.15, 0.2) is 0 Å². The fourth-order valence-electron chi connectivity index (χ4n) is 6.67. The molecule has 3 aromatic heterocycles. The lowest BCUT2D eigenvalue weighted by Crippen LogP contribution is -2.26. The second kappa shape index (κ2) is 14.1. The van der Waals surface area contributed by atoms with Crippen LogP contribution in [0.1, 0.15) is 131 Å². The molecule has 0 aliphatic heterocycles. The van der Waals surface area contributed by atoms with Gasteiger partial charge in [0.25, 0.3) is 11.8 Å². The van der Waals surface area contributed by atoms with Gasteiger partial charge >= 0.3 is 11.9 Å². The number of aromatic nitrogens is 1. The number of nitrogens with zero attached hydrogens (tertiary/aromatic N) is 1. The smallest absolute Gasteiger partial charge is 0.341 e. The minimum atomic E-state index is -0.484. The molecule has 3 aromatic rings. The summed E-state index contributed by atoms with van der Waals surface area (Å²) < 4.78 is 10.8. The molecule has 2 aliphatic rings. The molecule has 2 N–H and O–H groups in total. The van der Waals surface area contributed by atoms with Gasteiger partial charge in [0.2, 0.25) is 0 Å². The number of ether oxygens (including phenoxy) is 2. The molecule has 2 atom stereocenters. The third kappa shape index (κ3) is 7.52. The highest BCUT2D eigenvalue weighted by Gasteiger charge is 2.36. The van der Waals surface area contributed by atoms with E-state index in [1.54, 1.807) is 13.8 Å². The summed E-state index contributed by atoms with van der Waals surface area (Å²) in [6, 6.07) is 3.02. The number of fused-ring (bicyclic) bond motifs is 2. The van der Waals surface area contributed by atoms with Crippen molar-refractivity contribution in [3.63, 3.8) is 0 Å². The van der Waals surface area contributed by atoms with Crippen molar-refractivity contribution >= 4 is 56.4 Å². The Morgan fingerprint density at radius 1 is 0.750 bits per heavy atom. The Balaban J connectivity index is 1.34. The Hall–Kier alpha value is -3.57. The summed E-state index contributed by atoms with van der Waals surface area (Å²) in [6.07, 6.45) is 6.47. The quantitative estimate of drug-likeness (QED) is 0.227. The van der Waals surface area contributed by atoms with Crippen molar-refractivity contribution in [2.24, 2.45) is 22.7 Å². The molecule has 9 nitrogen and oxygen atoms in total. The lowest BCUT2D eigenvalue weighted by molar-refractivity contribution is 0.0516. The topological polar surface area (TPSA) is 124 Å². The number of hydrogen-bond donors (Lipinski definition) is 2. The van der Waals surface area contributed by atoms with Crippen molar-refractivity contribution < 1.29 is 28.7 Å². The van der Waals surface area contributed by atoms with E-state index in [0.29, 0.717) is 33.0 Å². The summed E-state index contributed by atoms with van der Waals surface area (Å²) in [5.41, 5.74) is 3.40. The highest BCUT2D eigenvalue weighted by atomic mass is 32.1. The molecule has 3 heterocycles. The normalized spacial score (nSPS) is 17.6. The van der Waals surface area contributed by atoms with Gasteiger partial charge in [-0.2, -0.15) is 0 Å². The molecule has 0 fully saturated rings. The summed E-state index contributed by atoms with van der Waals surface area (Å²) >= 11 is 2.86. The maximum absolute atomic E-state index is 13.4. The monoisotopic (exact) mass is 693 g/mol. The van der Waals surface area contributed by atoms with Crippen LogP contribution in [0.15, 0.2) is 18.3 Å². The summed E-state index contributed by atoms with van der Waals surface area (Å²) in [5.74, 6) is -0.853. The zero-order chi connectivity index (χ0) is 35.0. The van der Waals surface area contributed by atoms with Crippen LogP contribution in [0.25, 0.3) is 0 Å². The second-order valence-electron chi connectivity index (χ2n) is 14.8. The van der Waals surface area contributed by atoms with Gasteiger partial charge in [-0.1, -0.05) is 41.5 Å². The molecule has 2 aliphatic carbocycles. The maximum atomic E-state index is 13.4. The number of anilines is 2. The predicted molar refractivity (Wildman–Crippen MR) is 191 cm³/mol. The van der Waals surface area contributed by atoms with Gasteiger partial charge in [-0.25, -0.2) is 9.59 Å². The van der Waals surface area contributed by atoms with Crippen LogP contribution < -0.4 is 10.6 Å². The molecule has 0 aromatic carbocycles. The number of rotatable bonds is 8. The Morgan fingerprint density at radius 2 is 1.21 bits per heavy atom. The van der Waals surface area contributed by atoms with E-state index in [2.05, 4.69) is 57.2 Å². The van der Waals surface area contributed by atoms with Crippen molar-refractivity contribution in [2.75, 3.05) is 23.8 Å². The van der Waals surface area contributed by atoms with Crippen LogP contribution in [0.5, 0.6) is 0 Å². The first-order valence-corrected chi connectivity index (χ1v) is 18.5. The number of carbonyl (C=O) groups excluding carboxylic acids is 4. The number of thiophene rings is 2. The summed E-state index contributed by atoms with van der Waals surface area (Å²) in [4.78, 5) is 59.4. The molecule has 2 amide bonds. The SMILES string of the molecule is CCOC(=O)c1c(NC(=O)c2ccc(C(=O)Nc3sc4c(c3C(=O)OCC)CC[C@@H](C(C)(C)C)C4)nc2)sc2c1CC[C@@H](C(C)(C)C)C2. The van der Waals surface area contributed by atoms with Crippen LogP contribution in [0, 0.1) is 22.7 Å². The fraction of sp³-hybridized carbons (Fsp3) is 0.541. The van der Waals surface area contributed by atoms with Crippen molar-refractivity contribution in [3.05, 3.63) is 61.6 Å². The zero-order valence-electron chi connectivity index (χ0n) is 29.3. The second-order valence-corrected chi connectivity index (χ2v) is 17.0. The third-order valence-corrected chi connectivity index (χ3v) is 12.0. The lowest BCUT2D eigenvalue weighted by atomic mass is 9.72. The lowest BCUT2D eigenvalue weighted by Gasteiger charge is -2.33. The van der Waals surface area contributed by atoms with Crippen molar-refractivity contribution in [3.8, 4) is 0 Å². The number of nitrogens with one attached hydrogen (secondary N) is 2. The highest BCUT2D eigenvalue weighted by Crippen LogP contribution is 2.46. The minimum absolute atomic E-state index is 0.104. The molecule has 5 rings (SSSR count). The van der Waals surface area contributed by atoms with E-state index >= 15 is 0 Å². The third-order valence-electron chi connectivity index (χ3n) is 9.65. The summed E-state index contributed by atoms with van der Waals surface area (Å²) in [5, 5.41) is 6.77. The number of esters is 2. The molecule has 0 spiro atoms. The van der Waals surface area contributed by atoms with Crippen LogP contribution in [-0.4, -0.2) is 42.0 Å². The molecule has 0 bridgehead atoms. The molecule has 0 unspecified atom stereocenters.